The fraction of sp³-hybridized carbons (Fsp3) is 0.900. The molecule has 1 aliphatic heterocycles. The van der Waals surface area contributed by atoms with E-state index in [1.807, 2.05) is 4.90 Å². The molecule has 0 spiro atoms. The molecule has 0 radical (unpaired) electrons. The van der Waals surface area contributed by atoms with Crippen molar-refractivity contribution in [3.8, 4) is 0 Å². The first kappa shape index (κ1) is 12.4. The van der Waals surface area contributed by atoms with Gasteiger partial charge in [-0.05, 0) is 13.0 Å². The lowest BCUT2D eigenvalue weighted by molar-refractivity contribution is -0.128. The number of amides is 1. The molecule has 5 nitrogen and oxygen atoms in total. The van der Waals surface area contributed by atoms with Gasteiger partial charge in [0, 0.05) is 33.1 Å². The van der Waals surface area contributed by atoms with Gasteiger partial charge in [0.2, 0.25) is 5.91 Å². The summed E-state index contributed by atoms with van der Waals surface area (Å²) in [7, 11) is 0. The SMILES string of the molecule is CC(=O)N1CCCN(CC(O)CO)CC1. The monoisotopic (exact) mass is 216 g/mol. The van der Waals surface area contributed by atoms with Gasteiger partial charge in [0.1, 0.15) is 0 Å². The van der Waals surface area contributed by atoms with Gasteiger partial charge in [-0.25, -0.2) is 0 Å². The van der Waals surface area contributed by atoms with Gasteiger partial charge >= 0.3 is 0 Å². The Morgan fingerprint density at radius 3 is 2.67 bits per heavy atom. The van der Waals surface area contributed by atoms with Gasteiger partial charge in [-0.1, -0.05) is 0 Å². The van der Waals surface area contributed by atoms with E-state index in [-0.39, 0.29) is 12.5 Å². The molecule has 1 amide bonds. The summed E-state index contributed by atoms with van der Waals surface area (Å²) in [4.78, 5) is 15.1. The van der Waals surface area contributed by atoms with Crippen LogP contribution in [0.2, 0.25) is 0 Å². The molecule has 1 fully saturated rings. The first-order valence-electron chi connectivity index (χ1n) is 5.40. The zero-order valence-electron chi connectivity index (χ0n) is 9.22. The number of β-amino-alcohol motifs (C(OH)–C–C–N with tert-alkyl or cyclic N) is 1. The fourth-order valence-corrected chi connectivity index (χ4v) is 1.82. The van der Waals surface area contributed by atoms with Gasteiger partial charge in [-0.2, -0.15) is 0 Å². The summed E-state index contributed by atoms with van der Waals surface area (Å²) in [5.74, 6) is 0.111. The Kier molecular flexibility index (Phi) is 5.01. The topological polar surface area (TPSA) is 64.0 Å². The second-order valence-electron chi connectivity index (χ2n) is 4.00. The summed E-state index contributed by atoms with van der Waals surface area (Å²) in [6.45, 7) is 5.03. The molecule has 0 aromatic heterocycles. The molecule has 2 N–H and O–H groups in total. The minimum atomic E-state index is -0.672. The summed E-state index contributed by atoms with van der Waals surface area (Å²) < 4.78 is 0. The summed E-state index contributed by atoms with van der Waals surface area (Å²) >= 11 is 0. The van der Waals surface area contributed by atoms with E-state index in [0.29, 0.717) is 13.1 Å². The molecule has 1 rings (SSSR count). The van der Waals surface area contributed by atoms with Crippen LogP contribution in [0.1, 0.15) is 13.3 Å². The summed E-state index contributed by atoms with van der Waals surface area (Å²) in [6.07, 6.45) is 0.256. The second-order valence-corrected chi connectivity index (χ2v) is 4.00. The van der Waals surface area contributed by atoms with Gasteiger partial charge in [0.25, 0.3) is 0 Å². The van der Waals surface area contributed by atoms with Gasteiger partial charge < -0.3 is 15.1 Å². The number of carbonyl (C=O) groups is 1. The molecular formula is C10H20N2O3. The van der Waals surface area contributed by atoms with Gasteiger partial charge in [-0.15, -0.1) is 0 Å². The van der Waals surface area contributed by atoms with Crippen LogP contribution in [-0.2, 0) is 4.79 Å². The van der Waals surface area contributed by atoms with Crippen LogP contribution in [0.25, 0.3) is 0 Å². The fourth-order valence-electron chi connectivity index (χ4n) is 1.82. The predicted molar refractivity (Wildman–Crippen MR) is 56.4 cm³/mol. The minimum Gasteiger partial charge on any atom is -0.394 e. The first-order valence-corrected chi connectivity index (χ1v) is 5.40. The molecule has 0 bridgehead atoms. The van der Waals surface area contributed by atoms with E-state index in [1.54, 1.807) is 6.92 Å². The molecule has 0 aromatic carbocycles. The molecule has 0 aliphatic carbocycles. The normalized spacial score (nSPS) is 21.1. The van der Waals surface area contributed by atoms with E-state index in [9.17, 15) is 9.90 Å². The number of hydrogen-bond acceptors (Lipinski definition) is 4. The quantitative estimate of drug-likeness (QED) is 0.628. The standard InChI is InChI=1S/C10H20N2O3/c1-9(14)12-4-2-3-11(5-6-12)7-10(15)8-13/h10,13,15H,2-8H2,1H3. The molecule has 5 heteroatoms. The largest absolute Gasteiger partial charge is 0.394 e. The molecule has 1 heterocycles. The Morgan fingerprint density at radius 2 is 2.07 bits per heavy atom. The molecular weight excluding hydrogens is 196 g/mol. The van der Waals surface area contributed by atoms with Crippen LogP contribution in [0.4, 0.5) is 0 Å². The predicted octanol–water partition coefficient (Wildman–Crippen LogP) is -1.11. The van der Waals surface area contributed by atoms with E-state index in [1.165, 1.54) is 0 Å². The van der Waals surface area contributed by atoms with E-state index in [2.05, 4.69) is 4.90 Å². The van der Waals surface area contributed by atoms with Gasteiger partial charge in [-0.3, -0.25) is 9.69 Å². The highest BCUT2D eigenvalue weighted by Gasteiger charge is 2.17. The van der Waals surface area contributed by atoms with E-state index in [0.717, 1.165) is 26.1 Å². The number of carbonyl (C=O) groups excluding carboxylic acids is 1. The van der Waals surface area contributed by atoms with Crippen LogP contribution in [0.5, 0.6) is 0 Å². The maximum Gasteiger partial charge on any atom is 0.219 e. The Balaban J connectivity index is 2.35. The Bertz CT molecular complexity index is 211. The van der Waals surface area contributed by atoms with Crippen LogP contribution in [0.3, 0.4) is 0 Å². The minimum absolute atomic E-state index is 0.111. The molecule has 0 saturated carbocycles. The average Bonchev–Trinajstić information content (AvgIpc) is 2.43. The van der Waals surface area contributed by atoms with Crippen LogP contribution in [-0.4, -0.2) is 71.4 Å². The van der Waals surface area contributed by atoms with Crippen molar-refractivity contribution < 1.29 is 15.0 Å². The van der Waals surface area contributed by atoms with Crippen LogP contribution in [0, 0.1) is 0 Å². The van der Waals surface area contributed by atoms with Crippen LogP contribution in [0.15, 0.2) is 0 Å². The highest BCUT2D eigenvalue weighted by atomic mass is 16.3. The van der Waals surface area contributed by atoms with E-state index in [4.69, 9.17) is 5.11 Å². The Labute approximate surface area is 90.3 Å². The van der Waals surface area contributed by atoms with Crippen molar-refractivity contribution >= 4 is 5.91 Å². The summed E-state index contributed by atoms with van der Waals surface area (Å²) in [6, 6.07) is 0. The number of rotatable bonds is 3. The number of hydrogen-bond donors (Lipinski definition) is 2. The van der Waals surface area contributed by atoms with Crippen molar-refractivity contribution in [1.82, 2.24) is 9.80 Å². The third-order valence-electron chi connectivity index (χ3n) is 2.71. The maximum atomic E-state index is 11.2. The Morgan fingerprint density at radius 1 is 1.33 bits per heavy atom. The second kappa shape index (κ2) is 6.05. The zero-order chi connectivity index (χ0) is 11.3. The summed E-state index contributed by atoms with van der Waals surface area (Å²) in [5.41, 5.74) is 0. The van der Waals surface area contributed by atoms with Crippen molar-refractivity contribution in [3.63, 3.8) is 0 Å². The average molecular weight is 216 g/mol. The lowest BCUT2D eigenvalue weighted by Gasteiger charge is -2.22. The molecule has 88 valence electrons. The number of aliphatic hydroxyl groups is 2. The van der Waals surface area contributed by atoms with Crippen LogP contribution < -0.4 is 0 Å². The smallest absolute Gasteiger partial charge is 0.219 e. The van der Waals surface area contributed by atoms with E-state index >= 15 is 0 Å². The highest BCUT2D eigenvalue weighted by Crippen LogP contribution is 2.04. The van der Waals surface area contributed by atoms with Crippen molar-refractivity contribution in [2.45, 2.75) is 19.4 Å². The molecule has 1 aliphatic rings. The highest BCUT2D eigenvalue weighted by molar-refractivity contribution is 5.73. The number of aliphatic hydroxyl groups excluding tert-OH is 2. The molecule has 0 aromatic rings. The van der Waals surface area contributed by atoms with Crippen molar-refractivity contribution in [2.75, 3.05) is 39.3 Å². The van der Waals surface area contributed by atoms with Gasteiger partial charge in [0.15, 0.2) is 0 Å². The lowest BCUT2D eigenvalue weighted by atomic mass is 10.3. The molecule has 15 heavy (non-hydrogen) atoms. The van der Waals surface area contributed by atoms with Crippen molar-refractivity contribution in [1.29, 1.82) is 0 Å². The van der Waals surface area contributed by atoms with Crippen LogP contribution >= 0.6 is 0 Å². The zero-order valence-corrected chi connectivity index (χ0v) is 9.22. The first-order chi connectivity index (χ1) is 7.13. The Hall–Kier alpha value is -0.650. The summed E-state index contributed by atoms with van der Waals surface area (Å²) in [5, 5.41) is 18.0. The third-order valence-corrected chi connectivity index (χ3v) is 2.71. The lowest BCUT2D eigenvalue weighted by Crippen LogP contribution is -2.38. The molecule has 1 atom stereocenters. The van der Waals surface area contributed by atoms with Crippen molar-refractivity contribution in [3.05, 3.63) is 0 Å². The maximum absolute atomic E-state index is 11.2. The van der Waals surface area contributed by atoms with E-state index < -0.39 is 6.10 Å². The molecule has 1 unspecified atom stereocenters. The number of nitrogens with zero attached hydrogens (tertiary/aromatic N) is 2. The third kappa shape index (κ3) is 4.15. The van der Waals surface area contributed by atoms with Gasteiger partial charge in [0.05, 0.1) is 12.7 Å². The molecule has 1 saturated heterocycles. The van der Waals surface area contributed by atoms with Crippen molar-refractivity contribution in [2.24, 2.45) is 0 Å².